The van der Waals surface area contributed by atoms with Gasteiger partial charge >= 0.3 is 0 Å². The van der Waals surface area contributed by atoms with E-state index in [1.54, 1.807) is 12.1 Å². The van der Waals surface area contributed by atoms with Gasteiger partial charge in [0.05, 0.1) is 10.6 Å². The van der Waals surface area contributed by atoms with Crippen molar-refractivity contribution in [3.05, 3.63) is 47.5 Å². The fraction of sp³-hybridized carbons (Fsp3) is 0.300. The zero-order valence-electron chi connectivity index (χ0n) is 15.5. The van der Waals surface area contributed by atoms with Gasteiger partial charge in [-0.25, -0.2) is 8.42 Å². The standard InChI is InChI=1S/C20H21N3O4S/c1-13(24)21-16-5-7-18(8-6-16)28(26,27)22-17-11-14-3-2-10-23-19(25)9-4-15(12-17)20(14)23/h5-8,11-12,22H,2-4,9-10H2,1H3,(H,21,24). The number of carbonyl (C=O) groups excluding carboxylic acids is 2. The van der Waals surface area contributed by atoms with Crippen molar-refractivity contribution in [3.63, 3.8) is 0 Å². The van der Waals surface area contributed by atoms with Gasteiger partial charge in [0.15, 0.2) is 0 Å². The van der Waals surface area contributed by atoms with Gasteiger partial charge in [-0.2, -0.15) is 0 Å². The first-order chi connectivity index (χ1) is 13.3. The molecule has 4 rings (SSSR count). The van der Waals surface area contributed by atoms with Crippen LogP contribution in [0, 0.1) is 0 Å². The number of amides is 2. The molecule has 28 heavy (non-hydrogen) atoms. The summed E-state index contributed by atoms with van der Waals surface area (Å²) in [5.41, 5.74) is 4.03. The molecule has 146 valence electrons. The van der Waals surface area contributed by atoms with Crippen LogP contribution < -0.4 is 14.9 Å². The Morgan fingerprint density at radius 2 is 1.68 bits per heavy atom. The highest BCUT2D eigenvalue weighted by Crippen LogP contribution is 2.38. The fourth-order valence-corrected chi connectivity index (χ4v) is 4.89. The van der Waals surface area contributed by atoms with E-state index in [-0.39, 0.29) is 16.7 Å². The summed E-state index contributed by atoms with van der Waals surface area (Å²) in [4.78, 5) is 25.2. The summed E-state index contributed by atoms with van der Waals surface area (Å²) in [6.07, 6.45) is 2.78. The van der Waals surface area contributed by atoms with Gasteiger partial charge in [0.1, 0.15) is 0 Å². The average molecular weight is 399 g/mol. The van der Waals surface area contributed by atoms with Gasteiger partial charge in [0.25, 0.3) is 10.0 Å². The van der Waals surface area contributed by atoms with Crippen molar-refractivity contribution in [3.8, 4) is 0 Å². The monoisotopic (exact) mass is 399 g/mol. The molecular weight excluding hydrogens is 378 g/mol. The van der Waals surface area contributed by atoms with Gasteiger partial charge in [-0.3, -0.25) is 14.3 Å². The maximum absolute atomic E-state index is 12.8. The number of hydrogen-bond donors (Lipinski definition) is 2. The first kappa shape index (κ1) is 18.5. The second kappa shape index (κ2) is 6.94. The first-order valence-electron chi connectivity index (χ1n) is 9.20. The number of anilines is 3. The van der Waals surface area contributed by atoms with Crippen LogP contribution in [-0.4, -0.2) is 26.8 Å². The van der Waals surface area contributed by atoms with Gasteiger partial charge in [-0.15, -0.1) is 0 Å². The highest BCUT2D eigenvalue weighted by molar-refractivity contribution is 7.92. The van der Waals surface area contributed by atoms with E-state index in [1.807, 2.05) is 17.0 Å². The number of benzene rings is 2. The van der Waals surface area contributed by atoms with E-state index in [2.05, 4.69) is 10.0 Å². The van der Waals surface area contributed by atoms with Crippen LogP contribution in [0.15, 0.2) is 41.3 Å². The Balaban J connectivity index is 1.62. The number of rotatable bonds is 4. The van der Waals surface area contributed by atoms with Gasteiger partial charge in [-0.1, -0.05) is 0 Å². The predicted molar refractivity (Wildman–Crippen MR) is 107 cm³/mol. The molecule has 2 heterocycles. The number of hydrogen-bond acceptors (Lipinski definition) is 4. The molecule has 2 aromatic carbocycles. The van der Waals surface area contributed by atoms with Crippen LogP contribution in [0.3, 0.4) is 0 Å². The summed E-state index contributed by atoms with van der Waals surface area (Å²) in [5, 5.41) is 2.61. The topological polar surface area (TPSA) is 95.6 Å². The molecule has 0 radical (unpaired) electrons. The van der Waals surface area contributed by atoms with E-state index in [4.69, 9.17) is 0 Å². The minimum atomic E-state index is -3.76. The average Bonchev–Trinajstić information content (AvgIpc) is 2.64. The third-order valence-corrected chi connectivity index (χ3v) is 6.41. The third kappa shape index (κ3) is 3.47. The van der Waals surface area contributed by atoms with Crippen LogP contribution in [0.2, 0.25) is 0 Å². The van der Waals surface area contributed by atoms with Crippen LogP contribution in [0.1, 0.15) is 30.9 Å². The van der Waals surface area contributed by atoms with Gasteiger partial charge in [0, 0.05) is 31.3 Å². The number of aryl methyl sites for hydroxylation is 2. The molecule has 0 saturated heterocycles. The van der Waals surface area contributed by atoms with Crippen LogP contribution in [0.25, 0.3) is 0 Å². The molecule has 0 spiro atoms. The number of nitrogens with one attached hydrogen (secondary N) is 2. The van der Waals surface area contributed by atoms with Crippen molar-refractivity contribution in [2.24, 2.45) is 0 Å². The molecule has 0 aliphatic carbocycles. The molecule has 2 N–H and O–H groups in total. The van der Waals surface area contributed by atoms with Crippen molar-refractivity contribution >= 4 is 38.9 Å². The summed E-state index contributed by atoms with van der Waals surface area (Å²) in [7, 11) is -3.76. The van der Waals surface area contributed by atoms with Crippen molar-refractivity contribution in [2.75, 3.05) is 21.5 Å². The molecule has 0 atom stereocenters. The Morgan fingerprint density at radius 3 is 2.36 bits per heavy atom. The zero-order chi connectivity index (χ0) is 19.9. The number of carbonyl (C=O) groups is 2. The summed E-state index contributed by atoms with van der Waals surface area (Å²) < 4.78 is 28.2. The van der Waals surface area contributed by atoms with Crippen molar-refractivity contribution < 1.29 is 18.0 Å². The Hall–Kier alpha value is -2.87. The lowest BCUT2D eigenvalue weighted by atomic mass is 9.91. The molecular formula is C20H21N3O4S. The molecule has 0 aromatic heterocycles. The van der Waals surface area contributed by atoms with E-state index >= 15 is 0 Å². The highest BCUT2D eigenvalue weighted by atomic mass is 32.2. The maximum atomic E-state index is 12.8. The molecule has 2 aliphatic heterocycles. The van der Waals surface area contributed by atoms with Crippen LogP contribution in [-0.2, 0) is 32.5 Å². The SMILES string of the molecule is CC(=O)Nc1ccc(S(=O)(=O)Nc2cc3c4c(c2)CCC(=O)N4CCC3)cc1. The van der Waals surface area contributed by atoms with Crippen molar-refractivity contribution in [1.82, 2.24) is 0 Å². The maximum Gasteiger partial charge on any atom is 0.261 e. The highest BCUT2D eigenvalue weighted by Gasteiger charge is 2.30. The molecule has 0 fully saturated rings. The van der Waals surface area contributed by atoms with Crippen LogP contribution in [0.4, 0.5) is 17.1 Å². The molecule has 7 nitrogen and oxygen atoms in total. The molecule has 2 aliphatic rings. The second-order valence-corrected chi connectivity index (χ2v) is 8.79. The quantitative estimate of drug-likeness (QED) is 0.826. The largest absolute Gasteiger partial charge is 0.326 e. The van der Waals surface area contributed by atoms with E-state index in [9.17, 15) is 18.0 Å². The van der Waals surface area contributed by atoms with Gasteiger partial charge < -0.3 is 10.2 Å². The molecule has 8 heteroatoms. The first-order valence-corrected chi connectivity index (χ1v) is 10.7. The summed E-state index contributed by atoms with van der Waals surface area (Å²) in [6.45, 7) is 2.12. The minimum absolute atomic E-state index is 0.116. The van der Waals surface area contributed by atoms with Crippen LogP contribution >= 0.6 is 0 Å². The lowest BCUT2D eigenvalue weighted by Gasteiger charge is -2.35. The fourth-order valence-electron chi connectivity index (χ4n) is 3.85. The van der Waals surface area contributed by atoms with Crippen LogP contribution in [0.5, 0.6) is 0 Å². The van der Waals surface area contributed by atoms with Gasteiger partial charge in [-0.05, 0) is 66.8 Å². The van der Waals surface area contributed by atoms with E-state index in [0.717, 1.165) is 36.2 Å². The second-order valence-electron chi connectivity index (χ2n) is 7.10. The Labute approximate surface area is 163 Å². The summed E-state index contributed by atoms with van der Waals surface area (Å²) in [5.74, 6) is -0.0784. The molecule has 0 unspecified atom stereocenters. The molecule has 0 bridgehead atoms. The molecule has 2 amide bonds. The van der Waals surface area contributed by atoms with Crippen molar-refractivity contribution in [2.45, 2.75) is 37.5 Å². The zero-order valence-corrected chi connectivity index (χ0v) is 16.3. The van der Waals surface area contributed by atoms with E-state index in [1.165, 1.54) is 19.1 Å². The lowest BCUT2D eigenvalue weighted by Crippen LogP contribution is -2.39. The summed E-state index contributed by atoms with van der Waals surface area (Å²) >= 11 is 0. The normalized spacial score (nSPS) is 15.8. The lowest BCUT2D eigenvalue weighted by molar-refractivity contribution is -0.119. The smallest absolute Gasteiger partial charge is 0.261 e. The molecule has 0 saturated carbocycles. The van der Waals surface area contributed by atoms with Gasteiger partial charge in [0.2, 0.25) is 11.8 Å². The Morgan fingerprint density at radius 1 is 1.00 bits per heavy atom. The molecule has 2 aromatic rings. The predicted octanol–water partition coefficient (Wildman–Crippen LogP) is 2.67. The Kier molecular flexibility index (Phi) is 4.58. The minimum Gasteiger partial charge on any atom is -0.326 e. The Bertz CT molecular complexity index is 1040. The van der Waals surface area contributed by atoms with Crippen molar-refractivity contribution in [1.29, 1.82) is 0 Å². The van der Waals surface area contributed by atoms with E-state index < -0.39 is 10.0 Å². The number of nitrogens with zero attached hydrogens (tertiary/aromatic N) is 1. The number of sulfonamides is 1. The van der Waals surface area contributed by atoms with E-state index in [0.29, 0.717) is 24.2 Å². The summed E-state index contributed by atoms with van der Waals surface area (Å²) in [6, 6.07) is 9.67. The third-order valence-electron chi connectivity index (χ3n) is 5.01.